The van der Waals surface area contributed by atoms with Crippen molar-refractivity contribution in [3.05, 3.63) is 59.3 Å². The number of carbonyl (C=O) groups is 1. The molecule has 0 aliphatic carbocycles. The van der Waals surface area contributed by atoms with Crippen molar-refractivity contribution in [1.29, 1.82) is 0 Å². The van der Waals surface area contributed by atoms with Crippen LogP contribution >= 0.6 is 12.4 Å². The van der Waals surface area contributed by atoms with Gasteiger partial charge in [-0.2, -0.15) is 0 Å². The van der Waals surface area contributed by atoms with E-state index < -0.39 is 28.9 Å². The smallest absolute Gasteiger partial charge is 0.258 e. The van der Waals surface area contributed by atoms with Crippen molar-refractivity contribution < 1.29 is 18.0 Å². The molecule has 2 N–H and O–H groups in total. The van der Waals surface area contributed by atoms with Crippen LogP contribution in [0.2, 0.25) is 0 Å². The van der Waals surface area contributed by atoms with Crippen LogP contribution in [-0.4, -0.2) is 41.0 Å². The standard InChI is InChI=1S/C20H20F3N5O.ClH/c1-11-8-27(6-5-24-11)16-4-3-14(17(22)18(16)23)20(29)26-13-7-15(21)19-25-12(2)9-28(19)10-13;/h3-4,7,9-11,24H,5-6,8H2,1-2H3,(H,26,29);1H. The van der Waals surface area contributed by atoms with E-state index in [4.69, 9.17) is 0 Å². The Hall–Kier alpha value is -2.78. The topological polar surface area (TPSA) is 61.7 Å². The summed E-state index contributed by atoms with van der Waals surface area (Å²) in [6.45, 7) is 5.40. The van der Waals surface area contributed by atoms with Crippen LogP contribution in [0.5, 0.6) is 0 Å². The fourth-order valence-electron chi connectivity index (χ4n) is 3.56. The van der Waals surface area contributed by atoms with E-state index >= 15 is 0 Å². The molecule has 6 nitrogen and oxygen atoms in total. The molecule has 0 radical (unpaired) electrons. The number of imidazole rings is 1. The Kier molecular flexibility index (Phi) is 6.23. The number of benzene rings is 1. The lowest BCUT2D eigenvalue weighted by Crippen LogP contribution is -2.49. The Balaban J connectivity index is 0.00000256. The van der Waals surface area contributed by atoms with E-state index in [2.05, 4.69) is 15.6 Å². The van der Waals surface area contributed by atoms with Gasteiger partial charge in [0.05, 0.1) is 22.6 Å². The van der Waals surface area contributed by atoms with Gasteiger partial charge in [-0.1, -0.05) is 0 Å². The van der Waals surface area contributed by atoms with Gasteiger partial charge in [0.25, 0.3) is 5.91 Å². The highest BCUT2D eigenvalue weighted by atomic mass is 35.5. The van der Waals surface area contributed by atoms with E-state index in [1.165, 1.54) is 22.7 Å². The molecule has 1 fully saturated rings. The molecule has 3 heterocycles. The van der Waals surface area contributed by atoms with E-state index in [0.717, 1.165) is 6.07 Å². The first-order chi connectivity index (χ1) is 13.8. The molecular weight excluding hydrogens is 419 g/mol. The number of aromatic nitrogens is 2. The Labute approximate surface area is 177 Å². The minimum atomic E-state index is -1.23. The number of anilines is 2. The highest BCUT2D eigenvalue weighted by Gasteiger charge is 2.24. The van der Waals surface area contributed by atoms with E-state index in [-0.39, 0.29) is 35.5 Å². The number of halogens is 4. The number of hydrogen-bond acceptors (Lipinski definition) is 4. The second-order valence-electron chi connectivity index (χ2n) is 7.21. The molecule has 3 aromatic rings. The molecule has 2 aromatic heterocycles. The summed E-state index contributed by atoms with van der Waals surface area (Å²) in [5.41, 5.74) is 0.508. The van der Waals surface area contributed by atoms with Gasteiger partial charge in [-0.15, -0.1) is 12.4 Å². The van der Waals surface area contributed by atoms with Crippen molar-refractivity contribution in [3.63, 3.8) is 0 Å². The van der Waals surface area contributed by atoms with Crippen LogP contribution in [0.25, 0.3) is 5.65 Å². The first kappa shape index (κ1) is 21.9. The third-order valence-electron chi connectivity index (χ3n) is 4.90. The number of rotatable bonds is 3. The van der Waals surface area contributed by atoms with E-state index in [1.807, 2.05) is 6.92 Å². The second kappa shape index (κ2) is 8.53. The van der Waals surface area contributed by atoms with Crippen molar-refractivity contribution in [2.45, 2.75) is 19.9 Å². The molecule has 1 aromatic carbocycles. The largest absolute Gasteiger partial charge is 0.366 e. The summed E-state index contributed by atoms with van der Waals surface area (Å²) in [5.74, 6) is -3.80. The summed E-state index contributed by atoms with van der Waals surface area (Å²) in [5, 5.41) is 5.65. The number of piperazine rings is 1. The first-order valence-electron chi connectivity index (χ1n) is 9.26. The average Bonchev–Trinajstić information content (AvgIpc) is 3.04. The molecule has 0 saturated carbocycles. The highest BCUT2D eigenvalue weighted by molar-refractivity contribution is 6.04. The highest BCUT2D eigenvalue weighted by Crippen LogP contribution is 2.26. The zero-order valence-electron chi connectivity index (χ0n) is 16.4. The maximum atomic E-state index is 14.7. The maximum Gasteiger partial charge on any atom is 0.258 e. The van der Waals surface area contributed by atoms with Crippen LogP contribution < -0.4 is 15.5 Å². The van der Waals surface area contributed by atoms with Gasteiger partial charge in [0.2, 0.25) is 0 Å². The number of nitrogens with zero attached hydrogens (tertiary/aromatic N) is 3. The number of nitrogens with one attached hydrogen (secondary N) is 2. The molecular formula is C20H21ClF3N5O. The maximum absolute atomic E-state index is 14.7. The molecule has 1 aliphatic heterocycles. The van der Waals surface area contributed by atoms with Gasteiger partial charge in [-0.3, -0.25) is 4.79 Å². The van der Waals surface area contributed by atoms with Crippen LogP contribution in [0.1, 0.15) is 23.0 Å². The molecule has 160 valence electrons. The fourth-order valence-corrected chi connectivity index (χ4v) is 3.56. The molecule has 30 heavy (non-hydrogen) atoms. The lowest BCUT2D eigenvalue weighted by atomic mass is 10.1. The summed E-state index contributed by atoms with van der Waals surface area (Å²) >= 11 is 0. The minimum Gasteiger partial charge on any atom is -0.366 e. The van der Waals surface area contributed by atoms with Crippen molar-refractivity contribution >= 4 is 35.3 Å². The molecule has 0 spiro atoms. The van der Waals surface area contributed by atoms with Crippen molar-refractivity contribution in [3.8, 4) is 0 Å². The summed E-state index contributed by atoms with van der Waals surface area (Å²) in [4.78, 5) is 18.3. The molecule has 1 unspecified atom stereocenters. The van der Waals surface area contributed by atoms with Gasteiger partial charge in [-0.05, 0) is 26.0 Å². The third kappa shape index (κ3) is 4.08. The van der Waals surface area contributed by atoms with Crippen LogP contribution in [-0.2, 0) is 0 Å². The molecule has 4 rings (SSSR count). The van der Waals surface area contributed by atoms with Gasteiger partial charge in [0.1, 0.15) is 0 Å². The zero-order valence-corrected chi connectivity index (χ0v) is 17.2. The molecule has 1 saturated heterocycles. The SMILES string of the molecule is Cc1cn2cc(NC(=O)c3ccc(N4CCNC(C)C4)c(F)c3F)cc(F)c2n1.Cl. The number of amides is 1. The zero-order chi connectivity index (χ0) is 20.7. The van der Waals surface area contributed by atoms with Gasteiger partial charge in [-0.25, -0.2) is 18.2 Å². The molecule has 1 aliphatic rings. The Morgan fingerprint density at radius 3 is 2.73 bits per heavy atom. The number of carbonyl (C=O) groups excluding carboxylic acids is 1. The fraction of sp³-hybridized carbons (Fsp3) is 0.300. The van der Waals surface area contributed by atoms with Crippen molar-refractivity contribution in [2.75, 3.05) is 29.9 Å². The van der Waals surface area contributed by atoms with Crippen LogP contribution in [0.15, 0.2) is 30.6 Å². The predicted octanol–water partition coefficient (Wildman–Crippen LogP) is 3.53. The van der Waals surface area contributed by atoms with Crippen molar-refractivity contribution in [1.82, 2.24) is 14.7 Å². The number of aryl methyl sites for hydroxylation is 1. The second-order valence-corrected chi connectivity index (χ2v) is 7.21. The van der Waals surface area contributed by atoms with E-state index in [9.17, 15) is 18.0 Å². The van der Waals surface area contributed by atoms with Gasteiger partial charge >= 0.3 is 0 Å². The summed E-state index contributed by atoms with van der Waals surface area (Å²) in [7, 11) is 0. The molecule has 1 atom stereocenters. The lowest BCUT2D eigenvalue weighted by Gasteiger charge is -2.34. The Morgan fingerprint density at radius 2 is 2.00 bits per heavy atom. The van der Waals surface area contributed by atoms with Gasteiger partial charge < -0.3 is 19.9 Å². The van der Waals surface area contributed by atoms with Gasteiger partial charge in [0, 0.05) is 44.1 Å². The van der Waals surface area contributed by atoms with Crippen LogP contribution in [0, 0.1) is 24.4 Å². The van der Waals surface area contributed by atoms with Crippen LogP contribution in [0.4, 0.5) is 24.5 Å². The van der Waals surface area contributed by atoms with Gasteiger partial charge in [0.15, 0.2) is 23.1 Å². The average molecular weight is 440 g/mol. The third-order valence-corrected chi connectivity index (χ3v) is 4.90. The van der Waals surface area contributed by atoms with E-state index in [1.54, 1.807) is 18.0 Å². The monoisotopic (exact) mass is 439 g/mol. The summed E-state index contributed by atoms with van der Waals surface area (Å²) in [6, 6.07) is 3.87. The summed E-state index contributed by atoms with van der Waals surface area (Å²) in [6.07, 6.45) is 3.05. The molecule has 10 heteroatoms. The van der Waals surface area contributed by atoms with Crippen LogP contribution in [0.3, 0.4) is 0 Å². The predicted molar refractivity (Wildman–Crippen MR) is 111 cm³/mol. The quantitative estimate of drug-likeness (QED) is 0.655. The van der Waals surface area contributed by atoms with E-state index in [0.29, 0.717) is 25.3 Å². The number of hydrogen-bond donors (Lipinski definition) is 2. The Morgan fingerprint density at radius 1 is 1.23 bits per heavy atom. The normalized spacial score (nSPS) is 16.4. The lowest BCUT2D eigenvalue weighted by molar-refractivity contribution is 0.102. The number of pyridine rings is 1. The first-order valence-corrected chi connectivity index (χ1v) is 9.26. The Bertz CT molecular complexity index is 1100. The molecule has 0 bridgehead atoms. The summed E-state index contributed by atoms with van der Waals surface area (Å²) < 4.78 is 44.9. The molecule has 1 amide bonds. The van der Waals surface area contributed by atoms with Crippen molar-refractivity contribution in [2.24, 2.45) is 0 Å². The number of fused-ring (bicyclic) bond motifs is 1. The minimum absolute atomic E-state index is 0.